The normalized spacial score (nSPS) is 20.8. The van der Waals surface area contributed by atoms with Crippen LogP contribution < -0.4 is 4.90 Å². The molecule has 0 N–H and O–H groups in total. The fourth-order valence-electron chi connectivity index (χ4n) is 3.68. The van der Waals surface area contributed by atoms with E-state index in [1.54, 1.807) is 4.90 Å². The number of carbonyl (C=O) groups is 2. The van der Waals surface area contributed by atoms with E-state index in [1.165, 1.54) is 17.3 Å². The molecule has 0 bridgehead atoms. The molecular weight excluding hydrogens is 330 g/mol. The van der Waals surface area contributed by atoms with E-state index < -0.39 is 0 Å². The molecule has 1 aromatic rings. The molecule has 6 heteroatoms. The molecule has 1 atom stereocenters. The number of amides is 2. The number of rotatable bonds is 4. The largest absolute Gasteiger partial charge is 0.377 e. The Morgan fingerprint density at radius 1 is 1.19 bits per heavy atom. The van der Waals surface area contributed by atoms with Gasteiger partial charge in [-0.25, -0.2) is 0 Å². The average molecular weight is 357 g/mol. The van der Waals surface area contributed by atoms with Gasteiger partial charge in [-0.1, -0.05) is 24.8 Å². The van der Waals surface area contributed by atoms with Crippen LogP contribution in [-0.4, -0.2) is 73.6 Å². The van der Waals surface area contributed by atoms with E-state index in [0.29, 0.717) is 39.3 Å². The van der Waals surface area contributed by atoms with E-state index in [4.69, 9.17) is 4.74 Å². The van der Waals surface area contributed by atoms with Gasteiger partial charge in [0.1, 0.15) is 0 Å². The minimum atomic E-state index is -0.198. The summed E-state index contributed by atoms with van der Waals surface area (Å²) >= 11 is 0. The van der Waals surface area contributed by atoms with Crippen molar-refractivity contribution in [1.82, 2.24) is 9.80 Å². The van der Waals surface area contributed by atoms with Gasteiger partial charge in [0.15, 0.2) is 0 Å². The Kier molecular flexibility index (Phi) is 5.93. The van der Waals surface area contributed by atoms with Crippen molar-refractivity contribution in [3.63, 3.8) is 0 Å². The number of piperazine rings is 1. The molecule has 2 amide bonds. The molecule has 140 valence electrons. The number of hydrogen-bond acceptors (Lipinski definition) is 4. The van der Waals surface area contributed by atoms with Crippen LogP contribution in [0, 0.1) is 6.92 Å². The average Bonchev–Trinajstić information content (AvgIpc) is 2.68. The minimum absolute atomic E-state index is 0.0896. The lowest BCUT2D eigenvalue weighted by Gasteiger charge is -2.39. The maximum absolute atomic E-state index is 12.7. The fourth-order valence-corrected chi connectivity index (χ4v) is 3.68. The molecular formula is C20H27N3O3. The Hall–Kier alpha value is -2.34. The number of morpholine rings is 1. The van der Waals surface area contributed by atoms with Gasteiger partial charge >= 0.3 is 0 Å². The van der Waals surface area contributed by atoms with E-state index in [0.717, 1.165) is 13.1 Å². The summed E-state index contributed by atoms with van der Waals surface area (Å²) in [6.07, 6.45) is 1.62. The van der Waals surface area contributed by atoms with Crippen molar-refractivity contribution in [1.29, 1.82) is 0 Å². The van der Waals surface area contributed by atoms with Crippen LogP contribution in [-0.2, 0) is 14.3 Å². The van der Waals surface area contributed by atoms with E-state index in [-0.39, 0.29) is 17.9 Å². The van der Waals surface area contributed by atoms with Crippen molar-refractivity contribution in [2.24, 2.45) is 0 Å². The Morgan fingerprint density at radius 2 is 1.92 bits per heavy atom. The summed E-state index contributed by atoms with van der Waals surface area (Å²) in [4.78, 5) is 30.6. The molecule has 0 spiro atoms. The van der Waals surface area contributed by atoms with Gasteiger partial charge in [-0.15, -0.1) is 0 Å². The predicted molar refractivity (Wildman–Crippen MR) is 101 cm³/mol. The summed E-state index contributed by atoms with van der Waals surface area (Å²) in [6.45, 7) is 10.2. The lowest BCUT2D eigenvalue weighted by Crippen LogP contribution is -2.53. The SMILES string of the molecule is C=CC(=O)N1CCOCC1CC(=O)N1CCN(c2ccccc2C)CC1. The first-order valence-electron chi connectivity index (χ1n) is 9.19. The predicted octanol–water partition coefficient (Wildman–Crippen LogP) is 1.45. The van der Waals surface area contributed by atoms with Crippen molar-refractivity contribution in [2.45, 2.75) is 19.4 Å². The molecule has 2 fully saturated rings. The zero-order valence-corrected chi connectivity index (χ0v) is 15.4. The number of para-hydroxylation sites is 1. The van der Waals surface area contributed by atoms with Gasteiger partial charge in [-0.05, 0) is 24.6 Å². The molecule has 2 heterocycles. The second kappa shape index (κ2) is 8.36. The Balaban J connectivity index is 1.56. The summed E-state index contributed by atoms with van der Waals surface area (Å²) in [5.74, 6) is -0.0396. The highest BCUT2D eigenvalue weighted by Gasteiger charge is 2.30. The minimum Gasteiger partial charge on any atom is -0.377 e. The first-order chi connectivity index (χ1) is 12.6. The van der Waals surface area contributed by atoms with Crippen molar-refractivity contribution < 1.29 is 14.3 Å². The van der Waals surface area contributed by atoms with Gasteiger partial charge in [0.25, 0.3) is 0 Å². The number of ether oxygens (including phenoxy) is 1. The van der Waals surface area contributed by atoms with Crippen LogP contribution in [0.4, 0.5) is 5.69 Å². The molecule has 3 rings (SSSR count). The second-order valence-corrected chi connectivity index (χ2v) is 6.82. The molecule has 0 aromatic heterocycles. The van der Waals surface area contributed by atoms with Gasteiger partial charge in [-0.3, -0.25) is 9.59 Å². The first-order valence-corrected chi connectivity index (χ1v) is 9.19. The molecule has 1 aromatic carbocycles. The van der Waals surface area contributed by atoms with Crippen molar-refractivity contribution in [2.75, 3.05) is 50.8 Å². The summed E-state index contributed by atoms with van der Waals surface area (Å²) in [6, 6.07) is 8.14. The van der Waals surface area contributed by atoms with E-state index in [2.05, 4.69) is 30.5 Å². The first kappa shape index (κ1) is 18.5. The monoisotopic (exact) mass is 357 g/mol. The highest BCUT2D eigenvalue weighted by molar-refractivity contribution is 5.88. The summed E-state index contributed by atoms with van der Waals surface area (Å²) < 4.78 is 5.48. The Morgan fingerprint density at radius 3 is 2.62 bits per heavy atom. The molecule has 1 unspecified atom stereocenters. The third kappa shape index (κ3) is 4.07. The highest BCUT2D eigenvalue weighted by atomic mass is 16.5. The summed E-state index contributed by atoms with van der Waals surface area (Å²) in [5.41, 5.74) is 2.49. The smallest absolute Gasteiger partial charge is 0.246 e. The van der Waals surface area contributed by atoms with E-state index in [1.807, 2.05) is 17.0 Å². The second-order valence-electron chi connectivity index (χ2n) is 6.82. The van der Waals surface area contributed by atoms with Crippen molar-refractivity contribution in [3.8, 4) is 0 Å². The van der Waals surface area contributed by atoms with Gasteiger partial charge in [0.2, 0.25) is 11.8 Å². The summed E-state index contributed by atoms with van der Waals surface area (Å²) in [5, 5.41) is 0. The van der Waals surface area contributed by atoms with Crippen LogP contribution in [0.3, 0.4) is 0 Å². The van der Waals surface area contributed by atoms with Crippen LogP contribution in [0.2, 0.25) is 0 Å². The molecule has 2 aliphatic rings. The van der Waals surface area contributed by atoms with E-state index in [9.17, 15) is 9.59 Å². The lowest BCUT2D eigenvalue weighted by atomic mass is 10.1. The zero-order chi connectivity index (χ0) is 18.5. The maximum atomic E-state index is 12.7. The number of anilines is 1. The Labute approximate surface area is 155 Å². The van der Waals surface area contributed by atoms with Crippen LogP contribution >= 0.6 is 0 Å². The zero-order valence-electron chi connectivity index (χ0n) is 15.4. The fraction of sp³-hybridized carbons (Fsp3) is 0.500. The van der Waals surface area contributed by atoms with Crippen LogP contribution in [0.15, 0.2) is 36.9 Å². The lowest BCUT2D eigenvalue weighted by molar-refractivity contribution is -0.140. The number of benzene rings is 1. The quantitative estimate of drug-likeness (QED) is 0.766. The van der Waals surface area contributed by atoms with Crippen molar-refractivity contribution >= 4 is 17.5 Å². The van der Waals surface area contributed by atoms with Crippen LogP contribution in [0.5, 0.6) is 0 Å². The Bertz CT molecular complexity index is 668. The molecule has 0 aliphatic carbocycles. The number of nitrogens with zero attached hydrogens (tertiary/aromatic N) is 3. The highest BCUT2D eigenvalue weighted by Crippen LogP contribution is 2.21. The standard InChI is InChI=1S/C20H27N3O3/c1-3-19(24)23-12-13-26-15-17(23)14-20(25)22-10-8-21(9-11-22)18-7-5-4-6-16(18)2/h3-7,17H,1,8-15H2,2H3. The molecule has 2 saturated heterocycles. The topological polar surface area (TPSA) is 53.1 Å². The van der Waals surface area contributed by atoms with Gasteiger partial charge < -0.3 is 19.4 Å². The van der Waals surface area contributed by atoms with Crippen LogP contribution in [0.25, 0.3) is 0 Å². The molecule has 2 aliphatic heterocycles. The van der Waals surface area contributed by atoms with Crippen LogP contribution in [0.1, 0.15) is 12.0 Å². The van der Waals surface area contributed by atoms with E-state index >= 15 is 0 Å². The third-order valence-corrected chi connectivity index (χ3v) is 5.18. The number of aryl methyl sites for hydroxylation is 1. The van der Waals surface area contributed by atoms with Gasteiger partial charge in [-0.2, -0.15) is 0 Å². The van der Waals surface area contributed by atoms with Gasteiger partial charge in [0, 0.05) is 44.8 Å². The number of carbonyl (C=O) groups excluding carboxylic acids is 2. The number of hydrogen-bond donors (Lipinski definition) is 0. The molecule has 0 saturated carbocycles. The molecule has 26 heavy (non-hydrogen) atoms. The van der Waals surface area contributed by atoms with Crippen molar-refractivity contribution in [3.05, 3.63) is 42.5 Å². The third-order valence-electron chi connectivity index (χ3n) is 5.18. The maximum Gasteiger partial charge on any atom is 0.246 e. The molecule has 0 radical (unpaired) electrons. The van der Waals surface area contributed by atoms with Gasteiger partial charge in [0.05, 0.1) is 19.3 Å². The summed E-state index contributed by atoms with van der Waals surface area (Å²) in [7, 11) is 0. The molecule has 6 nitrogen and oxygen atoms in total.